The highest BCUT2D eigenvalue weighted by Crippen LogP contribution is 2.51. The van der Waals surface area contributed by atoms with Gasteiger partial charge in [-0.05, 0) is 102 Å². The van der Waals surface area contributed by atoms with Crippen LogP contribution in [0, 0.1) is 0 Å². The van der Waals surface area contributed by atoms with Crippen molar-refractivity contribution < 1.29 is 0 Å². The fraction of sp³-hybridized carbons (Fsp3) is 0. The molecule has 2 aliphatic rings. The molecule has 0 saturated heterocycles. The van der Waals surface area contributed by atoms with Gasteiger partial charge in [0.1, 0.15) is 0 Å². The molecule has 2 aromatic heterocycles. The number of pyridine rings is 2. The Hall–Kier alpha value is -5.34. The molecule has 0 unspecified atom stereocenters. The number of nitrogens with zero attached hydrogens (tertiary/aromatic N) is 2. The van der Waals surface area contributed by atoms with Gasteiger partial charge in [0.2, 0.25) is 0 Å². The van der Waals surface area contributed by atoms with Crippen molar-refractivity contribution >= 4 is 43.1 Å². The van der Waals surface area contributed by atoms with E-state index in [1.807, 2.05) is 24.5 Å². The molecule has 2 heteroatoms. The quantitative estimate of drug-likeness (QED) is 0.208. The third kappa shape index (κ3) is 2.45. The van der Waals surface area contributed by atoms with Crippen molar-refractivity contribution in [3.63, 3.8) is 0 Å². The van der Waals surface area contributed by atoms with Crippen LogP contribution in [0.2, 0.25) is 0 Å². The van der Waals surface area contributed by atoms with E-state index < -0.39 is 0 Å². The molecule has 2 heterocycles. The Kier molecular flexibility index (Phi) is 3.70. The molecule has 2 nitrogen and oxygen atoms in total. The summed E-state index contributed by atoms with van der Waals surface area (Å²) in [5.74, 6) is 0. The van der Waals surface area contributed by atoms with Gasteiger partial charge in [0.05, 0.1) is 11.4 Å². The summed E-state index contributed by atoms with van der Waals surface area (Å²) in [6, 6.07) is 40.2. The van der Waals surface area contributed by atoms with E-state index in [1.54, 1.807) is 0 Å². The minimum atomic E-state index is 1.08. The third-order valence-electron chi connectivity index (χ3n) is 8.99. The Labute approximate surface area is 230 Å². The van der Waals surface area contributed by atoms with Crippen molar-refractivity contribution in [2.24, 2.45) is 0 Å². The normalized spacial score (nSPS) is 12.5. The molecule has 0 atom stereocenters. The topological polar surface area (TPSA) is 25.8 Å². The van der Waals surface area contributed by atoms with Crippen LogP contribution < -0.4 is 0 Å². The fourth-order valence-corrected chi connectivity index (χ4v) is 7.38. The van der Waals surface area contributed by atoms with Crippen LogP contribution in [0.25, 0.3) is 99.0 Å². The molecular formula is C38H20N2. The average molecular weight is 505 g/mol. The van der Waals surface area contributed by atoms with Crippen LogP contribution in [-0.2, 0) is 0 Å². The van der Waals surface area contributed by atoms with Crippen molar-refractivity contribution in [2.45, 2.75) is 0 Å². The molecule has 6 aromatic carbocycles. The van der Waals surface area contributed by atoms with Crippen molar-refractivity contribution in [3.8, 4) is 55.9 Å². The SMILES string of the molecule is c1cnc2c(c1)-c1cc(-c3cc4c5cccc6c5c(cc4c4ccccc34)-c3ncccc3-6)cc3cccc-2c13. The van der Waals surface area contributed by atoms with E-state index in [0.29, 0.717) is 0 Å². The second-order valence-corrected chi connectivity index (χ2v) is 10.9. The summed E-state index contributed by atoms with van der Waals surface area (Å²) in [6.45, 7) is 0. The summed E-state index contributed by atoms with van der Waals surface area (Å²) in [5, 5.41) is 10.3. The van der Waals surface area contributed by atoms with Crippen molar-refractivity contribution in [1.29, 1.82) is 0 Å². The first-order valence-electron chi connectivity index (χ1n) is 13.7. The number of rotatable bonds is 1. The minimum absolute atomic E-state index is 1.08. The molecule has 182 valence electrons. The first kappa shape index (κ1) is 20.6. The van der Waals surface area contributed by atoms with Gasteiger partial charge in [-0.2, -0.15) is 0 Å². The van der Waals surface area contributed by atoms with Gasteiger partial charge in [0.15, 0.2) is 0 Å². The predicted octanol–water partition coefficient (Wildman–Crippen LogP) is 10.1. The Morgan fingerprint density at radius 1 is 0.350 bits per heavy atom. The smallest absolute Gasteiger partial charge is 0.0787 e. The van der Waals surface area contributed by atoms with Crippen LogP contribution in [0.5, 0.6) is 0 Å². The predicted molar refractivity (Wildman–Crippen MR) is 166 cm³/mol. The Bertz CT molecular complexity index is 2430. The van der Waals surface area contributed by atoms with Gasteiger partial charge < -0.3 is 0 Å². The Morgan fingerprint density at radius 3 is 1.88 bits per heavy atom. The zero-order valence-electron chi connectivity index (χ0n) is 21.4. The van der Waals surface area contributed by atoms with Gasteiger partial charge >= 0.3 is 0 Å². The molecule has 2 aliphatic carbocycles. The Balaban J connectivity index is 1.35. The highest BCUT2D eigenvalue weighted by atomic mass is 14.7. The Morgan fingerprint density at radius 2 is 1.00 bits per heavy atom. The molecule has 0 amide bonds. The summed E-state index contributed by atoms with van der Waals surface area (Å²) in [4.78, 5) is 9.58. The lowest BCUT2D eigenvalue weighted by atomic mass is 9.88. The number of fused-ring (bicyclic) bond motifs is 10. The molecule has 0 N–H and O–H groups in total. The second-order valence-electron chi connectivity index (χ2n) is 10.9. The van der Waals surface area contributed by atoms with E-state index >= 15 is 0 Å². The number of benzene rings is 6. The van der Waals surface area contributed by atoms with Gasteiger partial charge in [-0.3, -0.25) is 9.97 Å². The van der Waals surface area contributed by atoms with Crippen LogP contribution in [0.4, 0.5) is 0 Å². The van der Waals surface area contributed by atoms with E-state index in [-0.39, 0.29) is 0 Å². The average Bonchev–Trinajstić information content (AvgIpc) is 3.52. The van der Waals surface area contributed by atoms with Gasteiger partial charge in [-0.15, -0.1) is 0 Å². The zero-order valence-corrected chi connectivity index (χ0v) is 21.4. The number of hydrogen-bond acceptors (Lipinski definition) is 2. The summed E-state index contributed by atoms with van der Waals surface area (Å²) in [5.41, 5.74) is 12.1. The minimum Gasteiger partial charge on any atom is -0.256 e. The van der Waals surface area contributed by atoms with Gasteiger partial charge in [0.25, 0.3) is 0 Å². The number of aromatic nitrogens is 2. The molecule has 0 radical (unpaired) electrons. The molecule has 0 spiro atoms. The van der Waals surface area contributed by atoms with Gasteiger partial charge in [-0.1, -0.05) is 72.8 Å². The van der Waals surface area contributed by atoms with Crippen molar-refractivity contribution in [3.05, 3.63) is 122 Å². The molecule has 0 saturated carbocycles. The maximum Gasteiger partial charge on any atom is 0.0787 e. The van der Waals surface area contributed by atoms with Crippen LogP contribution in [0.1, 0.15) is 0 Å². The van der Waals surface area contributed by atoms with Crippen LogP contribution in [-0.4, -0.2) is 9.97 Å². The monoisotopic (exact) mass is 504 g/mol. The largest absolute Gasteiger partial charge is 0.256 e. The van der Waals surface area contributed by atoms with E-state index in [2.05, 4.69) is 97.1 Å². The third-order valence-corrected chi connectivity index (χ3v) is 8.99. The summed E-state index contributed by atoms with van der Waals surface area (Å²) >= 11 is 0. The lowest BCUT2D eigenvalue weighted by Crippen LogP contribution is -1.89. The maximum atomic E-state index is 4.82. The lowest BCUT2D eigenvalue weighted by molar-refractivity contribution is 1.35. The molecule has 8 aromatic rings. The first-order chi connectivity index (χ1) is 19.8. The van der Waals surface area contributed by atoms with E-state index in [1.165, 1.54) is 87.6 Å². The second kappa shape index (κ2) is 7.19. The number of hydrogen-bond donors (Lipinski definition) is 0. The van der Waals surface area contributed by atoms with Crippen molar-refractivity contribution in [1.82, 2.24) is 9.97 Å². The zero-order chi connectivity index (χ0) is 25.9. The molecular weight excluding hydrogens is 484 g/mol. The molecule has 0 bridgehead atoms. The van der Waals surface area contributed by atoms with E-state index in [0.717, 1.165) is 11.4 Å². The van der Waals surface area contributed by atoms with Gasteiger partial charge in [-0.25, -0.2) is 0 Å². The van der Waals surface area contributed by atoms with E-state index in [9.17, 15) is 0 Å². The molecule has 0 fully saturated rings. The first-order valence-corrected chi connectivity index (χ1v) is 13.7. The molecule has 0 aliphatic heterocycles. The highest BCUT2D eigenvalue weighted by molar-refractivity contribution is 6.28. The van der Waals surface area contributed by atoms with Crippen LogP contribution >= 0.6 is 0 Å². The lowest BCUT2D eigenvalue weighted by Gasteiger charge is -2.15. The van der Waals surface area contributed by atoms with Crippen molar-refractivity contribution in [2.75, 3.05) is 0 Å². The van der Waals surface area contributed by atoms with Crippen LogP contribution in [0.15, 0.2) is 122 Å². The maximum absolute atomic E-state index is 4.82. The summed E-state index contributed by atoms with van der Waals surface area (Å²) in [6.07, 6.45) is 3.81. The van der Waals surface area contributed by atoms with Gasteiger partial charge in [0, 0.05) is 34.6 Å². The van der Waals surface area contributed by atoms with E-state index in [4.69, 9.17) is 9.97 Å². The standard InChI is InChI=1S/C38H20N2/c1-2-9-24-23(8-1)30(22-17-21-7-3-12-29-35(21)33(18-22)28-14-6-15-39-37(28)29)19-32-26-11-4-10-25-27-13-5-16-40-38(27)34(36(25)26)20-31(24)32/h1-20H. The highest BCUT2D eigenvalue weighted by Gasteiger charge is 2.26. The molecule has 10 rings (SSSR count). The summed E-state index contributed by atoms with van der Waals surface area (Å²) < 4.78 is 0. The molecule has 40 heavy (non-hydrogen) atoms. The summed E-state index contributed by atoms with van der Waals surface area (Å²) in [7, 11) is 0. The fourth-order valence-electron chi connectivity index (χ4n) is 7.38. The van der Waals surface area contributed by atoms with Crippen LogP contribution in [0.3, 0.4) is 0 Å².